The van der Waals surface area contributed by atoms with Crippen LogP contribution in [0.25, 0.3) is 0 Å². The molecule has 6 nitrogen and oxygen atoms in total. The number of furan rings is 1. The Kier molecular flexibility index (Phi) is 6.26. The summed E-state index contributed by atoms with van der Waals surface area (Å²) in [5.41, 5.74) is -1.28. The minimum absolute atomic E-state index is 0.145. The number of rotatable bonds is 5. The van der Waals surface area contributed by atoms with Crippen LogP contribution in [0.15, 0.2) is 47.1 Å². The standard InChI is InChI=1S/C20H22F3N3O3/c1-14(17-7-4-12-29-17)24-18(27)13-25-8-10-26(11-9-25)19(28)15-5-2-3-6-16(15)20(21,22)23/h2-7,12,14H,8-11,13H2,1H3,(H,24,27). The molecule has 29 heavy (non-hydrogen) atoms. The Morgan fingerprint density at radius 1 is 1.10 bits per heavy atom. The van der Waals surface area contributed by atoms with Crippen LogP contribution < -0.4 is 5.32 Å². The molecule has 1 unspecified atom stereocenters. The van der Waals surface area contributed by atoms with Gasteiger partial charge in [0.25, 0.3) is 5.91 Å². The molecule has 0 spiro atoms. The third-order valence-electron chi connectivity index (χ3n) is 4.84. The fourth-order valence-corrected chi connectivity index (χ4v) is 3.30. The summed E-state index contributed by atoms with van der Waals surface area (Å²) in [6.07, 6.45) is -3.05. The smallest absolute Gasteiger partial charge is 0.417 e. The first-order valence-corrected chi connectivity index (χ1v) is 9.26. The molecule has 0 aliphatic carbocycles. The average Bonchev–Trinajstić information content (AvgIpc) is 3.22. The van der Waals surface area contributed by atoms with E-state index < -0.39 is 17.6 Å². The maximum atomic E-state index is 13.2. The van der Waals surface area contributed by atoms with Gasteiger partial charge in [-0.1, -0.05) is 12.1 Å². The van der Waals surface area contributed by atoms with Crippen molar-refractivity contribution < 1.29 is 27.2 Å². The quantitative estimate of drug-likeness (QED) is 0.825. The Balaban J connectivity index is 1.53. The molecule has 0 saturated carbocycles. The van der Waals surface area contributed by atoms with Crippen LogP contribution >= 0.6 is 0 Å². The van der Waals surface area contributed by atoms with E-state index in [0.717, 1.165) is 6.07 Å². The van der Waals surface area contributed by atoms with Crippen LogP contribution in [0.2, 0.25) is 0 Å². The lowest BCUT2D eigenvalue weighted by atomic mass is 10.1. The van der Waals surface area contributed by atoms with E-state index in [-0.39, 0.29) is 37.1 Å². The fraction of sp³-hybridized carbons (Fsp3) is 0.400. The molecule has 1 aliphatic rings. The summed E-state index contributed by atoms with van der Waals surface area (Å²) in [5.74, 6) is -0.179. The monoisotopic (exact) mass is 409 g/mol. The molecule has 1 saturated heterocycles. The first kappa shape index (κ1) is 20.9. The van der Waals surface area contributed by atoms with Crippen molar-refractivity contribution in [2.75, 3.05) is 32.7 Å². The van der Waals surface area contributed by atoms with Crippen LogP contribution in [0.3, 0.4) is 0 Å². The molecular weight excluding hydrogens is 387 g/mol. The van der Waals surface area contributed by atoms with E-state index in [1.54, 1.807) is 12.1 Å². The van der Waals surface area contributed by atoms with Crippen molar-refractivity contribution in [1.29, 1.82) is 0 Å². The lowest BCUT2D eigenvalue weighted by Gasteiger charge is -2.34. The second kappa shape index (κ2) is 8.69. The fourth-order valence-electron chi connectivity index (χ4n) is 3.30. The van der Waals surface area contributed by atoms with Crippen molar-refractivity contribution in [3.8, 4) is 0 Å². The van der Waals surface area contributed by atoms with Crippen molar-refractivity contribution in [2.24, 2.45) is 0 Å². The Morgan fingerprint density at radius 3 is 2.41 bits per heavy atom. The van der Waals surface area contributed by atoms with Gasteiger partial charge in [-0.15, -0.1) is 0 Å². The zero-order valence-corrected chi connectivity index (χ0v) is 15.9. The number of halogens is 3. The minimum Gasteiger partial charge on any atom is -0.467 e. The van der Waals surface area contributed by atoms with Gasteiger partial charge in [-0.2, -0.15) is 13.2 Å². The molecule has 2 heterocycles. The highest BCUT2D eigenvalue weighted by atomic mass is 19.4. The molecule has 1 fully saturated rings. The second-order valence-corrected chi connectivity index (χ2v) is 6.92. The SMILES string of the molecule is CC(NC(=O)CN1CCN(C(=O)c2ccccc2C(F)(F)F)CC1)c1ccco1. The summed E-state index contributed by atoms with van der Waals surface area (Å²) >= 11 is 0. The van der Waals surface area contributed by atoms with Gasteiger partial charge in [0, 0.05) is 26.2 Å². The lowest BCUT2D eigenvalue weighted by Crippen LogP contribution is -2.51. The van der Waals surface area contributed by atoms with Crippen molar-refractivity contribution in [1.82, 2.24) is 15.1 Å². The zero-order chi connectivity index (χ0) is 21.0. The minimum atomic E-state index is -4.59. The molecule has 1 aliphatic heterocycles. The Bertz CT molecular complexity index is 844. The van der Waals surface area contributed by atoms with Gasteiger partial charge in [0.15, 0.2) is 0 Å². The highest BCUT2D eigenvalue weighted by Crippen LogP contribution is 2.32. The van der Waals surface area contributed by atoms with Crippen molar-refractivity contribution >= 4 is 11.8 Å². The predicted molar refractivity (Wildman–Crippen MR) is 99.1 cm³/mol. The first-order valence-electron chi connectivity index (χ1n) is 9.26. The largest absolute Gasteiger partial charge is 0.467 e. The molecular formula is C20H22F3N3O3. The summed E-state index contributed by atoms with van der Waals surface area (Å²) < 4.78 is 44.7. The molecule has 156 valence electrons. The van der Waals surface area contributed by atoms with Crippen molar-refractivity contribution in [3.63, 3.8) is 0 Å². The molecule has 2 amide bonds. The number of carbonyl (C=O) groups is 2. The molecule has 0 radical (unpaired) electrons. The number of hydrogen-bond donors (Lipinski definition) is 1. The van der Waals surface area contributed by atoms with Crippen molar-refractivity contribution in [2.45, 2.75) is 19.1 Å². The van der Waals surface area contributed by atoms with Crippen LogP contribution in [0, 0.1) is 0 Å². The summed E-state index contributed by atoms with van der Waals surface area (Å²) in [5, 5.41) is 2.83. The van der Waals surface area contributed by atoms with Gasteiger partial charge in [-0.25, -0.2) is 0 Å². The Labute approximate surface area is 166 Å². The lowest BCUT2D eigenvalue weighted by molar-refractivity contribution is -0.138. The van der Waals surface area contributed by atoms with E-state index in [1.807, 2.05) is 11.8 Å². The molecule has 0 bridgehead atoms. The van der Waals surface area contributed by atoms with Gasteiger partial charge in [0.05, 0.1) is 30.0 Å². The van der Waals surface area contributed by atoms with E-state index in [2.05, 4.69) is 5.32 Å². The van der Waals surface area contributed by atoms with E-state index >= 15 is 0 Å². The van der Waals surface area contributed by atoms with Crippen LogP contribution in [-0.2, 0) is 11.0 Å². The number of benzene rings is 1. The number of hydrogen-bond acceptors (Lipinski definition) is 4. The maximum Gasteiger partial charge on any atom is 0.417 e. The second-order valence-electron chi connectivity index (χ2n) is 6.92. The predicted octanol–water partition coefficient (Wildman–Crippen LogP) is 2.93. The number of piperazine rings is 1. The molecule has 1 aromatic heterocycles. The van der Waals surface area contributed by atoms with Crippen molar-refractivity contribution in [3.05, 3.63) is 59.5 Å². The summed E-state index contributed by atoms with van der Waals surface area (Å²) in [6.45, 7) is 3.28. The van der Waals surface area contributed by atoms with Gasteiger partial charge in [-0.3, -0.25) is 14.5 Å². The molecule has 1 aromatic carbocycles. The normalized spacial score (nSPS) is 16.5. The zero-order valence-electron chi connectivity index (χ0n) is 15.9. The van der Waals surface area contributed by atoms with Crippen LogP contribution in [-0.4, -0.2) is 54.3 Å². The third kappa shape index (κ3) is 5.17. The van der Waals surface area contributed by atoms with Crippen LogP contribution in [0.1, 0.15) is 34.6 Å². The van der Waals surface area contributed by atoms with E-state index in [1.165, 1.54) is 29.4 Å². The molecule has 9 heteroatoms. The summed E-state index contributed by atoms with van der Waals surface area (Å²) in [4.78, 5) is 28.1. The first-order chi connectivity index (χ1) is 13.8. The van der Waals surface area contributed by atoms with Gasteiger partial charge in [0.1, 0.15) is 5.76 Å². The van der Waals surface area contributed by atoms with Gasteiger partial charge in [-0.05, 0) is 31.2 Å². The highest BCUT2D eigenvalue weighted by Gasteiger charge is 2.36. The Hall–Kier alpha value is -2.81. The number of alkyl halides is 3. The molecule has 3 rings (SSSR count). The summed E-state index contributed by atoms with van der Waals surface area (Å²) in [7, 11) is 0. The molecule has 1 N–H and O–H groups in total. The molecule has 2 aromatic rings. The van der Waals surface area contributed by atoms with Gasteiger partial charge in [0.2, 0.25) is 5.91 Å². The number of nitrogens with zero attached hydrogens (tertiary/aromatic N) is 2. The average molecular weight is 409 g/mol. The molecule has 1 atom stereocenters. The van der Waals surface area contributed by atoms with Crippen LogP contribution in [0.4, 0.5) is 13.2 Å². The number of nitrogens with one attached hydrogen (secondary N) is 1. The van der Waals surface area contributed by atoms with Crippen LogP contribution in [0.5, 0.6) is 0 Å². The number of carbonyl (C=O) groups excluding carboxylic acids is 2. The summed E-state index contributed by atoms with van der Waals surface area (Å²) in [6, 6.07) is 8.04. The maximum absolute atomic E-state index is 13.2. The van der Waals surface area contributed by atoms with E-state index in [4.69, 9.17) is 4.42 Å². The van der Waals surface area contributed by atoms with E-state index in [0.29, 0.717) is 18.8 Å². The van der Waals surface area contributed by atoms with Gasteiger partial charge >= 0.3 is 6.18 Å². The highest BCUT2D eigenvalue weighted by molar-refractivity contribution is 5.96. The third-order valence-corrected chi connectivity index (χ3v) is 4.84. The van der Waals surface area contributed by atoms with Gasteiger partial charge < -0.3 is 14.6 Å². The number of amides is 2. The van der Waals surface area contributed by atoms with E-state index in [9.17, 15) is 22.8 Å². The Morgan fingerprint density at radius 2 is 1.79 bits per heavy atom. The topological polar surface area (TPSA) is 65.8 Å².